The molecule has 0 saturated carbocycles. The third-order valence-corrected chi connectivity index (χ3v) is 1.52. The Balaban J connectivity index is 0.000000288. The molecule has 0 spiro atoms. The number of carboxylic acids is 2. The molecule has 6 heteroatoms. The quantitative estimate of drug-likeness (QED) is 0.688. The van der Waals surface area contributed by atoms with Crippen LogP contribution in [0.15, 0.2) is 24.5 Å². The average Bonchev–Trinajstić information content (AvgIpc) is 2.18. The zero-order chi connectivity index (χ0) is 12.4. The SMILES string of the molecule is Nc1cc[nH+]cc1.O=C([O-])CCCC(=O)O. The van der Waals surface area contributed by atoms with Gasteiger partial charge in [-0.05, 0) is 12.8 Å². The van der Waals surface area contributed by atoms with Gasteiger partial charge >= 0.3 is 5.97 Å². The lowest BCUT2D eigenvalue weighted by molar-refractivity contribution is -0.377. The minimum absolute atomic E-state index is 0.103. The van der Waals surface area contributed by atoms with Crippen molar-refractivity contribution in [1.82, 2.24) is 0 Å². The minimum atomic E-state index is -1.20. The lowest BCUT2D eigenvalue weighted by atomic mass is 10.2. The minimum Gasteiger partial charge on any atom is -0.550 e. The Morgan fingerprint density at radius 2 is 1.88 bits per heavy atom. The second-order valence-corrected chi connectivity index (χ2v) is 2.95. The number of nitrogens with one attached hydrogen (secondary N) is 1. The van der Waals surface area contributed by atoms with Crippen molar-refractivity contribution in [1.29, 1.82) is 0 Å². The standard InChI is InChI=1S/C5H6N2.C5H8O4/c6-5-1-3-7-4-2-5;6-4(7)2-1-3-5(8)9/h1-4H,(H2,6,7);1-3H2,(H,6,7)(H,8,9). The molecule has 0 radical (unpaired) electrons. The highest BCUT2D eigenvalue weighted by atomic mass is 16.4. The van der Waals surface area contributed by atoms with Gasteiger partial charge in [0.05, 0.1) is 0 Å². The summed E-state index contributed by atoms with van der Waals surface area (Å²) >= 11 is 0. The van der Waals surface area contributed by atoms with Gasteiger partial charge in [-0.25, -0.2) is 4.98 Å². The molecule has 1 heterocycles. The van der Waals surface area contributed by atoms with Gasteiger partial charge in [0.2, 0.25) is 0 Å². The highest BCUT2D eigenvalue weighted by molar-refractivity contribution is 5.68. The molecular formula is C10H14N2O4. The van der Waals surface area contributed by atoms with Gasteiger partial charge in [0.25, 0.3) is 0 Å². The molecule has 0 aromatic carbocycles. The van der Waals surface area contributed by atoms with Crippen LogP contribution in [0.4, 0.5) is 5.69 Å². The fourth-order valence-electron chi connectivity index (χ4n) is 0.784. The lowest BCUT2D eigenvalue weighted by Gasteiger charge is -1.96. The Morgan fingerprint density at radius 1 is 1.31 bits per heavy atom. The molecule has 0 bridgehead atoms. The van der Waals surface area contributed by atoms with E-state index in [1.54, 1.807) is 24.5 Å². The van der Waals surface area contributed by atoms with Crippen molar-refractivity contribution in [3.8, 4) is 0 Å². The van der Waals surface area contributed by atoms with Crippen molar-refractivity contribution < 1.29 is 24.8 Å². The van der Waals surface area contributed by atoms with E-state index in [2.05, 4.69) is 4.98 Å². The number of carbonyl (C=O) groups excluding carboxylic acids is 1. The van der Waals surface area contributed by atoms with Crippen LogP contribution in [0.5, 0.6) is 0 Å². The molecule has 4 N–H and O–H groups in total. The molecule has 0 aliphatic rings. The number of hydrogen-bond donors (Lipinski definition) is 2. The summed E-state index contributed by atoms with van der Waals surface area (Å²) in [5.41, 5.74) is 6.13. The number of nitrogens with two attached hydrogens (primary N) is 1. The number of aromatic nitrogens is 1. The van der Waals surface area contributed by atoms with E-state index in [0.717, 1.165) is 5.69 Å². The first-order chi connectivity index (χ1) is 7.52. The molecule has 0 unspecified atom stereocenters. The highest BCUT2D eigenvalue weighted by Gasteiger charge is 1.94. The zero-order valence-electron chi connectivity index (χ0n) is 8.68. The van der Waals surface area contributed by atoms with Crippen LogP contribution in [0.2, 0.25) is 0 Å². The Morgan fingerprint density at radius 3 is 2.19 bits per heavy atom. The van der Waals surface area contributed by atoms with Crippen molar-refractivity contribution in [2.24, 2.45) is 0 Å². The van der Waals surface area contributed by atoms with Crippen molar-refractivity contribution in [2.75, 3.05) is 5.73 Å². The van der Waals surface area contributed by atoms with E-state index >= 15 is 0 Å². The van der Waals surface area contributed by atoms with Gasteiger partial charge in [-0.2, -0.15) is 0 Å². The molecule has 0 aliphatic carbocycles. The molecule has 1 rings (SSSR count). The number of carboxylic acid groups (broad SMARTS) is 2. The molecule has 1 aromatic heterocycles. The van der Waals surface area contributed by atoms with Crippen LogP contribution in [0.3, 0.4) is 0 Å². The molecule has 0 amide bonds. The smallest absolute Gasteiger partial charge is 0.303 e. The maximum Gasteiger partial charge on any atom is 0.303 e. The Labute approximate surface area is 92.7 Å². The van der Waals surface area contributed by atoms with Gasteiger partial charge in [0.15, 0.2) is 12.4 Å². The summed E-state index contributed by atoms with van der Waals surface area (Å²) in [7, 11) is 0. The first kappa shape index (κ1) is 13.9. The predicted molar refractivity (Wildman–Crippen MR) is 53.9 cm³/mol. The summed E-state index contributed by atoms with van der Waals surface area (Å²) < 4.78 is 0. The number of anilines is 1. The van der Waals surface area contributed by atoms with E-state index < -0.39 is 11.9 Å². The fourth-order valence-corrected chi connectivity index (χ4v) is 0.784. The predicted octanol–water partition coefficient (Wildman–Crippen LogP) is -0.926. The number of hydrogen-bond acceptors (Lipinski definition) is 4. The third-order valence-electron chi connectivity index (χ3n) is 1.52. The number of aromatic amines is 1. The highest BCUT2D eigenvalue weighted by Crippen LogP contribution is 1.92. The third kappa shape index (κ3) is 9.97. The molecule has 0 aliphatic heterocycles. The summed E-state index contributed by atoms with van der Waals surface area (Å²) in [5.74, 6) is -2.17. The van der Waals surface area contributed by atoms with Crippen LogP contribution in [-0.4, -0.2) is 17.0 Å². The number of rotatable bonds is 4. The largest absolute Gasteiger partial charge is 0.550 e. The number of H-pyrrole nitrogens is 1. The van der Waals surface area contributed by atoms with Crippen LogP contribution in [0, 0.1) is 0 Å². The number of pyridine rings is 1. The van der Waals surface area contributed by atoms with Crippen molar-refractivity contribution in [3.63, 3.8) is 0 Å². The summed E-state index contributed by atoms with van der Waals surface area (Å²) in [6.07, 6.45) is 3.45. The van der Waals surface area contributed by atoms with Crippen LogP contribution in [0.25, 0.3) is 0 Å². The van der Waals surface area contributed by atoms with E-state index in [9.17, 15) is 14.7 Å². The molecule has 16 heavy (non-hydrogen) atoms. The molecule has 6 nitrogen and oxygen atoms in total. The van der Waals surface area contributed by atoms with Crippen LogP contribution in [0.1, 0.15) is 19.3 Å². The van der Waals surface area contributed by atoms with E-state index in [-0.39, 0.29) is 19.3 Å². The van der Waals surface area contributed by atoms with Gasteiger partial charge in [-0.3, -0.25) is 4.79 Å². The van der Waals surface area contributed by atoms with Gasteiger partial charge in [-0.1, -0.05) is 0 Å². The first-order valence-corrected chi connectivity index (χ1v) is 4.65. The molecule has 1 aromatic rings. The first-order valence-electron chi connectivity index (χ1n) is 4.65. The second-order valence-electron chi connectivity index (χ2n) is 2.95. The van der Waals surface area contributed by atoms with Crippen molar-refractivity contribution in [3.05, 3.63) is 24.5 Å². The van der Waals surface area contributed by atoms with E-state index in [1.165, 1.54) is 0 Å². The number of carbonyl (C=O) groups is 2. The summed E-state index contributed by atoms with van der Waals surface area (Å²) in [4.78, 5) is 22.3. The zero-order valence-corrected chi connectivity index (χ0v) is 8.68. The number of nitrogen functional groups attached to an aromatic ring is 1. The Bertz CT molecular complexity index is 313. The maximum absolute atomic E-state index is 9.77. The topological polar surface area (TPSA) is 118 Å². The van der Waals surface area contributed by atoms with Crippen molar-refractivity contribution in [2.45, 2.75) is 19.3 Å². The van der Waals surface area contributed by atoms with Crippen molar-refractivity contribution >= 4 is 17.6 Å². The Hall–Kier alpha value is -2.11. The van der Waals surface area contributed by atoms with Crippen LogP contribution < -0.4 is 15.8 Å². The molecular weight excluding hydrogens is 212 g/mol. The average molecular weight is 226 g/mol. The van der Waals surface area contributed by atoms with Gasteiger partial charge in [0, 0.05) is 30.2 Å². The monoisotopic (exact) mass is 226 g/mol. The Kier molecular flexibility index (Phi) is 7.14. The number of aliphatic carboxylic acids is 2. The molecule has 0 atom stereocenters. The maximum atomic E-state index is 9.77. The van der Waals surface area contributed by atoms with Gasteiger partial charge < -0.3 is 20.7 Å². The summed E-state index contributed by atoms with van der Waals surface area (Å²) in [6.45, 7) is 0. The molecule has 88 valence electrons. The second kappa shape index (κ2) is 8.22. The van der Waals surface area contributed by atoms with E-state index in [0.29, 0.717) is 0 Å². The summed E-state index contributed by atoms with van der Waals surface area (Å²) in [5, 5.41) is 17.7. The summed E-state index contributed by atoms with van der Waals surface area (Å²) in [6, 6.07) is 3.61. The molecule has 0 fully saturated rings. The molecule has 0 saturated heterocycles. The van der Waals surface area contributed by atoms with E-state index in [4.69, 9.17) is 10.8 Å². The van der Waals surface area contributed by atoms with Gasteiger partial charge in [0.1, 0.15) is 0 Å². The van der Waals surface area contributed by atoms with Gasteiger partial charge in [-0.15, -0.1) is 0 Å². The fraction of sp³-hybridized carbons (Fsp3) is 0.300. The van der Waals surface area contributed by atoms with Crippen LogP contribution in [-0.2, 0) is 9.59 Å². The van der Waals surface area contributed by atoms with Crippen LogP contribution >= 0.6 is 0 Å². The lowest BCUT2D eigenvalue weighted by Crippen LogP contribution is -2.21. The van der Waals surface area contributed by atoms with E-state index in [1.807, 2.05) is 0 Å². The normalized spacial score (nSPS) is 8.75.